The number of nitrogens with one attached hydrogen (secondary N) is 2. The fourth-order valence-electron chi connectivity index (χ4n) is 2.78. The maximum absolute atomic E-state index is 4.49. The molecule has 2 aromatic carbocycles. The molecule has 3 rings (SSSR count). The van der Waals surface area contributed by atoms with Gasteiger partial charge in [-0.25, -0.2) is 0 Å². The molecule has 0 aliphatic carbocycles. The van der Waals surface area contributed by atoms with E-state index < -0.39 is 0 Å². The number of anilines is 3. The van der Waals surface area contributed by atoms with Crippen molar-refractivity contribution in [2.75, 3.05) is 17.2 Å². The van der Waals surface area contributed by atoms with Crippen LogP contribution in [-0.2, 0) is 11.8 Å². The van der Waals surface area contributed by atoms with Crippen LogP contribution < -0.4 is 10.6 Å². The van der Waals surface area contributed by atoms with E-state index in [1.165, 1.54) is 11.1 Å². The van der Waals surface area contributed by atoms with E-state index in [1.807, 2.05) is 6.07 Å². The summed E-state index contributed by atoms with van der Waals surface area (Å²) in [4.78, 5) is 4.49. The zero-order valence-electron chi connectivity index (χ0n) is 16.2. The highest BCUT2D eigenvalue weighted by Crippen LogP contribution is 2.24. The van der Waals surface area contributed by atoms with Crippen molar-refractivity contribution in [2.45, 2.75) is 39.0 Å². The van der Waals surface area contributed by atoms with Crippen molar-refractivity contribution in [3.63, 3.8) is 0 Å². The van der Waals surface area contributed by atoms with E-state index in [9.17, 15) is 0 Å². The monoisotopic (exact) mass is 361 g/mol. The predicted molar refractivity (Wildman–Crippen MR) is 112 cm³/mol. The normalized spacial score (nSPS) is 11.2. The van der Waals surface area contributed by atoms with Gasteiger partial charge >= 0.3 is 0 Å². The first-order valence-electron chi connectivity index (χ1n) is 9.36. The molecule has 5 heteroatoms. The lowest BCUT2D eigenvalue weighted by Gasteiger charge is -2.19. The fraction of sp³-hybridized carbons (Fsp3) is 0.318. The highest BCUT2D eigenvalue weighted by molar-refractivity contribution is 5.56. The molecule has 2 N–H and O–H groups in total. The highest BCUT2D eigenvalue weighted by Gasteiger charge is 2.12. The van der Waals surface area contributed by atoms with Gasteiger partial charge in [0, 0.05) is 12.2 Å². The molecule has 0 atom stereocenters. The van der Waals surface area contributed by atoms with Crippen LogP contribution in [0.3, 0.4) is 0 Å². The Morgan fingerprint density at radius 2 is 1.67 bits per heavy atom. The van der Waals surface area contributed by atoms with Gasteiger partial charge in [0.15, 0.2) is 5.82 Å². The summed E-state index contributed by atoms with van der Waals surface area (Å²) in [5.41, 5.74) is 3.77. The van der Waals surface area contributed by atoms with E-state index in [4.69, 9.17) is 0 Å². The summed E-state index contributed by atoms with van der Waals surface area (Å²) < 4.78 is 0. The molecule has 0 spiro atoms. The molecule has 1 aromatic heterocycles. The first-order valence-corrected chi connectivity index (χ1v) is 9.36. The topological polar surface area (TPSA) is 62.7 Å². The van der Waals surface area contributed by atoms with E-state index in [2.05, 4.69) is 95.1 Å². The lowest BCUT2D eigenvalue weighted by Crippen LogP contribution is -2.11. The summed E-state index contributed by atoms with van der Waals surface area (Å²) in [7, 11) is 0. The van der Waals surface area contributed by atoms with Gasteiger partial charge in [-0.1, -0.05) is 63.2 Å². The van der Waals surface area contributed by atoms with Crippen LogP contribution in [-0.4, -0.2) is 21.7 Å². The molecule has 0 bridgehead atoms. The molecule has 0 aliphatic heterocycles. The van der Waals surface area contributed by atoms with Crippen molar-refractivity contribution in [1.29, 1.82) is 0 Å². The van der Waals surface area contributed by atoms with E-state index >= 15 is 0 Å². The Balaban J connectivity index is 1.52. The Kier molecular flexibility index (Phi) is 6.01. The van der Waals surface area contributed by atoms with Crippen LogP contribution >= 0.6 is 0 Å². The van der Waals surface area contributed by atoms with Crippen molar-refractivity contribution < 1.29 is 0 Å². The molecule has 0 saturated heterocycles. The Morgan fingerprint density at radius 3 is 2.37 bits per heavy atom. The van der Waals surface area contributed by atoms with Crippen LogP contribution in [0.1, 0.15) is 38.3 Å². The second kappa shape index (κ2) is 8.62. The molecule has 5 nitrogen and oxygen atoms in total. The van der Waals surface area contributed by atoms with Gasteiger partial charge in [0.1, 0.15) is 0 Å². The largest absolute Gasteiger partial charge is 0.353 e. The van der Waals surface area contributed by atoms with Crippen LogP contribution in [0.4, 0.5) is 17.5 Å². The molecule has 3 aromatic rings. The number of aryl methyl sites for hydroxylation is 1. The Labute approximate surface area is 161 Å². The lowest BCUT2D eigenvalue weighted by molar-refractivity contribution is 0.590. The van der Waals surface area contributed by atoms with Crippen LogP contribution in [0.5, 0.6) is 0 Å². The smallest absolute Gasteiger partial charge is 0.244 e. The second-order valence-corrected chi connectivity index (χ2v) is 7.63. The summed E-state index contributed by atoms with van der Waals surface area (Å²) in [6, 6.07) is 18.9. The van der Waals surface area contributed by atoms with E-state index in [-0.39, 0.29) is 5.41 Å². The average Bonchev–Trinajstić information content (AvgIpc) is 2.66. The minimum absolute atomic E-state index is 0.145. The van der Waals surface area contributed by atoms with Gasteiger partial charge in [0.05, 0.1) is 6.20 Å². The van der Waals surface area contributed by atoms with E-state index in [1.54, 1.807) is 6.20 Å². The van der Waals surface area contributed by atoms with E-state index in [0.29, 0.717) is 11.8 Å². The average molecular weight is 361 g/mol. The zero-order valence-corrected chi connectivity index (χ0v) is 16.2. The van der Waals surface area contributed by atoms with Gasteiger partial charge in [-0.05, 0) is 41.5 Å². The van der Waals surface area contributed by atoms with Crippen molar-refractivity contribution in [3.8, 4) is 0 Å². The number of nitrogens with zero attached hydrogens (tertiary/aromatic N) is 3. The van der Waals surface area contributed by atoms with Crippen molar-refractivity contribution in [3.05, 3.63) is 71.9 Å². The molecule has 1 heterocycles. The summed E-state index contributed by atoms with van der Waals surface area (Å²) in [6.07, 6.45) is 3.67. The molecule has 0 amide bonds. The Morgan fingerprint density at radius 1 is 0.926 bits per heavy atom. The summed E-state index contributed by atoms with van der Waals surface area (Å²) >= 11 is 0. The standard InChI is InChI=1S/C22H27N5/c1-22(2,3)18-11-13-19(14-12-18)25-20-16-24-27-21(26-20)23-15-7-10-17-8-5-4-6-9-17/h4-6,8-9,11-14,16H,7,10,15H2,1-3H3,(H2,23,25,26,27). The molecule has 140 valence electrons. The first kappa shape index (κ1) is 18.8. The molecule has 0 unspecified atom stereocenters. The molecule has 0 radical (unpaired) electrons. The van der Waals surface area contributed by atoms with Crippen molar-refractivity contribution >= 4 is 17.5 Å². The third-order valence-corrected chi connectivity index (χ3v) is 4.35. The molecular formula is C22H27N5. The molecule has 27 heavy (non-hydrogen) atoms. The number of benzene rings is 2. The summed E-state index contributed by atoms with van der Waals surface area (Å²) in [6.45, 7) is 7.43. The molecule has 0 aliphatic rings. The van der Waals surface area contributed by atoms with Gasteiger partial charge in [-0.15, -0.1) is 5.10 Å². The van der Waals surface area contributed by atoms with E-state index in [0.717, 1.165) is 25.1 Å². The third-order valence-electron chi connectivity index (χ3n) is 4.35. The van der Waals surface area contributed by atoms with Gasteiger partial charge in [0.2, 0.25) is 5.95 Å². The van der Waals surface area contributed by atoms with Gasteiger partial charge in [-0.2, -0.15) is 10.1 Å². The first-order chi connectivity index (χ1) is 13.0. The third kappa shape index (κ3) is 5.78. The number of rotatable bonds is 7. The molecular weight excluding hydrogens is 334 g/mol. The summed E-state index contributed by atoms with van der Waals surface area (Å²) in [5.74, 6) is 1.22. The zero-order chi connectivity index (χ0) is 19.1. The van der Waals surface area contributed by atoms with Crippen LogP contribution in [0, 0.1) is 0 Å². The van der Waals surface area contributed by atoms with Crippen molar-refractivity contribution in [2.24, 2.45) is 0 Å². The van der Waals surface area contributed by atoms with Gasteiger partial charge in [-0.3, -0.25) is 0 Å². The number of aromatic nitrogens is 3. The molecule has 0 saturated carbocycles. The number of hydrogen-bond acceptors (Lipinski definition) is 5. The maximum atomic E-state index is 4.49. The van der Waals surface area contributed by atoms with Crippen molar-refractivity contribution in [1.82, 2.24) is 15.2 Å². The predicted octanol–water partition coefficient (Wildman–Crippen LogP) is 4.96. The molecule has 0 fully saturated rings. The summed E-state index contributed by atoms with van der Waals surface area (Å²) in [5, 5.41) is 14.6. The fourth-order valence-corrected chi connectivity index (χ4v) is 2.78. The second-order valence-electron chi connectivity index (χ2n) is 7.63. The SMILES string of the molecule is CC(C)(C)c1ccc(Nc2cnnc(NCCCc3ccccc3)n2)cc1. The van der Waals surface area contributed by atoms with Gasteiger partial charge < -0.3 is 10.6 Å². The minimum Gasteiger partial charge on any atom is -0.353 e. The minimum atomic E-state index is 0.145. The van der Waals surface area contributed by atoms with Crippen LogP contribution in [0.2, 0.25) is 0 Å². The Hall–Kier alpha value is -2.95. The Bertz CT molecular complexity index is 839. The van der Waals surface area contributed by atoms with Gasteiger partial charge in [0.25, 0.3) is 0 Å². The lowest BCUT2D eigenvalue weighted by atomic mass is 9.87. The quantitative estimate of drug-likeness (QED) is 0.583. The highest BCUT2D eigenvalue weighted by atomic mass is 15.3. The number of hydrogen-bond donors (Lipinski definition) is 2. The van der Waals surface area contributed by atoms with Crippen LogP contribution in [0.15, 0.2) is 60.8 Å². The maximum Gasteiger partial charge on any atom is 0.244 e. The van der Waals surface area contributed by atoms with Crippen LogP contribution in [0.25, 0.3) is 0 Å².